The molecule has 0 radical (unpaired) electrons. The summed E-state index contributed by atoms with van der Waals surface area (Å²) in [4.78, 5) is 0. The van der Waals surface area contributed by atoms with E-state index < -0.39 is 0 Å². The van der Waals surface area contributed by atoms with E-state index in [0.717, 1.165) is 27.5 Å². The molecule has 37 heavy (non-hydrogen) atoms. The van der Waals surface area contributed by atoms with Crippen molar-refractivity contribution in [1.29, 1.82) is 0 Å². The third-order valence-corrected chi connectivity index (χ3v) is 7.64. The smallest absolute Gasteiger partial charge is 0.143 e. The molecule has 172 valence electrons. The second-order valence-corrected chi connectivity index (χ2v) is 9.78. The first-order valence-corrected chi connectivity index (χ1v) is 12.7. The van der Waals surface area contributed by atoms with Gasteiger partial charge in [-0.2, -0.15) is 0 Å². The Balaban J connectivity index is 1.24. The van der Waals surface area contributed by atoms with E-state index in [2.05, 4.69) is 121 Å². The second kappa shape index (κ2) is 7.81. The predicted molar refractivity (Wildman–Crippen MR) is 157 cm³/mol. The van der Waals surface area contributed by atoms with Crippen molar-refractivity contribution in [3.8, 4) is 22.3 Å². The van der Waals surface area contributed by atoms with E-state index in [1.54, 1.807) is 0 Å². The molecule has 1 heterocycles. The lowest BCUT2D eigenvalue weighted by Crippen LogP contribution is -1.84. The van der Waals surface area contributed by atoms with Crippen LogP contribution in [0.25, 0.3) is 76.5 Å². The lowest BCUT2D eigenvalue weighted by Gasteiger charge is -2.10. The third-order valence-electron chi connectivity index (χ3n) is 7.64. The van der Waals surface area contributed by atoms with Crippen LogP contribution in [0.3, 0.4) is 0 Å². The molecule has 0 fully saturated rings. The Labute approximate surface area is 214 Å². The predicted octanol–water partition coefficient (Wildman–Crippen LogP) is 10.4. The van der Waals surface area contributed by atoms with Gasteiger partial charge in [-0.3, -0.25) is 0 Å². The van der Waals surface area contributed by atoms with E-state index in [9.17, 15) is 0 Å². The second-order valence-electron chi connectivity index (χ2n) is 9.78. The molecule has 0 atom stereocenters. The monoisotopic (exact) mass is 470 g/mol. The van der Waals surface area contributed by atoms with E-state index in [1.165, 1.54) is 49.0 Å². The number of fused-ring (bicyclic) bond motifs is 7. The summed E-state index contributed by atoms with van der Waals surface area (Å²) in [6.07, 6.45) is 0. The van der Waals surface area contributed by atoms with Gasteiger partial charge in [0.1, 0.15) is 11.2 Å². The van der Waals surface area contributed by atoms with Crippen LogP contribution in [-0.2, 0) is 0 Å². The molecule has 8 aromatic rings. The van der Waals surface area contributed by atoms with Crippen molar-refractivity contribution < 1.29 is 4.42 Å². The van der Waals surface area contributed by atoms with Gasteiger partial charge in [0, 0.05) is 16.3 Å². The van der Waals surface area contributed by atoms with Crippen molar-refractivity contribution in [3.63, 3.8) is 0 Å². The van der Waals surface area contributed by atoms with Gasteiger partial charge in [-0.1, -0.05) is 109 Å². The van der Waals surface area contributed by atoms with Gasteiger partial charge in [-0.15, -0.1) is 0 Å². The first-order valence-electron chi connectivity index (χ1n) is 12.7. The molecule has 0 aliphatic rings. The van der Waals surface area contributed by atoms with Gasteiger partial charge in [0.2, 0.25) is 0 Å². The highest BCUT2D eigenvalue weighted by molar-refractivity contribution is 6.10. The maximum atomic E-state index is 6.29. The third kappa shape index (κ3) is 3.18. The zero-order chi connectivity index (χ0) is 24.3. The van der Waals surface area contributed by atoms with Crippen LogP contribution >= 0.6 is 0 Å². The van der Waals surface area contributed by atoms with Gasteiger partial charge in [-0.05, 0) is 73.3 Å². The van der Waals surface area contributed by atoms with Gasteiger partial charge in [-0.25, -0.2) is 0 Å². The number of benzene rings is 7. The molecule has 0 spiro atoms. The molecule has 0 amide bonds. The molecule has 0 saturated heterocycles. The number of rotatable bonds is 2. The van der Waals surface area contributed by atoms with Crippen LogP contribution < -0.4 is 0 Å². The topological polar surface area (TPSA) is 13.1 Å². The van der Waals surface area contributed by atoms with Crippen LogP contribution in [0.2, 0.25) is 0 Å². The van der Waals surface area contributed by atoms with Crippen LogP contribution in [0, 0.1) is 0 Å². The van der Waals surface area contributed by atoms with Gasteiger partial charge < -0.3 is 4.42 Å². The van der Waals surface area contributed by atoms with E-state index >= 15 is 0 Å². The Morgan fingerprint density at radius 3 is 1.81 bits per heavy atom. The van der Waals surface area contributed by atoms with Crippen molar-refractivity contribution >= 4 is 54.3 Å². The normalized spacial score (nSPS) is 11.8. The highest BCUT2D eigenvalue weighted by Crippen LogP contribution is 2.37. The molecule has 0 saturated carbocycles. The highest BCUT2D eigenvalue weighted by Gasteiger charge is 2.12. The maximum absolute atomic E-state index is 6.29. The fourth-order valence-corrected chi connectivity index (χ4v) is 5.75. The lowest BCUT2D eigenvalue weighted by atomic mass is 9.94. The Hall–Kier alpha value is -4.88. The Kier molecular flexibility index (Phi) is 4.29. The fourth-order valence-electron chi connectivity index (χ4n) is 5.75. The fraction of sp³-hybridized carbons (Fsp3) is 0. The largest absolute Gasteiger partial charge is 0.455 e. The molecule has 0 aliphatic carbocycles. The van der Waals surface area contributed by atoms with Crippen molar-refractivity contribution in [1.82, 2.24) is 0 Å². The average Bonchev–Trinajstić information content (AvgIpc) is 3.35. The van der Waals surface area contributed by atoms with Gasteiger partial charge in [0.15, 0.2) is 0 Å². The quantitative estimate of drug-likeness (QED) is 0.229. The first-order chi connectivity index (χ1) is 18.3. The van der Waals surface area contributed by atoms with Crippen LogP contribution in [-0.4, -0.2) is 0 Å². The molecule has 1 heteroatoms. The molecular formula is C36H22O. The number of hydrogen-bond acceptors (Lipinski definition) is 1. The molecule has 8 rings (SSSR count). The highest BCUT2D eigenvalue weighted by atomic mass is 16.3. The molecular weight excluding hydrogens is 448 g/mol. The molecule has 0 bridgehead atoms. The van der Waals surface area contributed by atoms with Crippen molar-refractivity contribution in [3.05, 3.63) is 133 Å². The summed E-state index contributed by atoms with van der Waals surface area (Å²) in [6, 6.07) is 48.0. The number of para-hydroxylation sites is 2. The van der Waals surface area contributed by atoms with Crippen LogP contribution in [0.4, 0.5) is 0 Å². The summed E-state index contributed by atoms with van der Waals surface area (Å²) in [5, 5.41) is 9.92. The minimum atomic E-state index is 0.929. The first kappa shape index (κ1) is 20.3. The van der Waals surface area contributed by atoms with Gasteiger partial charge >= 0.3 is 0 Å². The molecule has 1 nitrogen and oxygen atoms in total. The Bertz CT molecular complexity index is 2140. The average molecular weight is 471 g/mol. The molecule has 0 aliphatic heterocycles. The van der Waals surface area contributed by atoms with E-state index in [4.69, 9.17) is 4.42 Å². The zero-order valence-corrected chi connectivity index (χ0v) is 20.1. The molecule has 0 unspecified atom stereocenters. The van der Waals surface area contributed by atoms with Crippen LogP contribution in [0.15, 0.2) is 138 Å². The SMILES string of the molecule is c1ccc2c(c1)ccc1ccc(-c3ccc4cc(-c5cccc6c5oc5ccccc56)ccc4c3)cc12. The summed E-state index contributed by atoms with van der Waals surface area (Å²) in [6.45, 7) is 0. The van der Waals surface area contributed by atoms with E-state index in [0.29, 0.717) is 0 Å². The minimum Gasteiger partial charge on any atom is -0.455 e. The van der Waals surface area contributed by atoms with Crippen molar-refractivity contribution in [2.45, 2.75) is 0 Å². The zero-order valence-electron chi connectivity index (χ0n) is 20.1. The van der Waals surface area contributed by atoms with Crippen molar-refractivity contribution in [2.24, 2.45) is 0 Å². The maximum Gasteiger partial charge on any atom is 0.143 e. The van der Waals surface area contributed by atoms with Crippen LogP contribution in [0.5, 0.6) is 0 Å². The summed E-state index contributed by atoms with van der Waals surface area (Å²) < 4.78 is 6.29. The Morgan fingerprint density at radius 2 is 0.946 bits per heavy atom. The molecule has 7 aromatic carbocycles. The summed E-state index contributed by atoms with van der Waals surface area (Å²) in [7, 11) is 0. The number of furan rings is 1. The van der Waals surface area contributed by atoms with Gasteiger partial charge in [0.05, 0.1) is 0 Å². The summed E-state index contributed by atoms with van der Waals surface area (Å²) in [5.41, 5.74) is 6.64. The molecule has 0 N–H and O–H groups in total. The number of hydrogen-bond donors (Lipinski definition) is 0. The standard InChI is InChI=1S/C36H22O/c1-2-7-30-23(6-1)12-13-24-14-15-28(22-34(24)30)26-16-17-27-21-29(19-18-25(27)20-26)31-9-5-10-33-32-8-3-4-11-35(32)37-36(31)33/h1-22H. The van der Waals surface area contributed by atoms with Crippen molar-refractivity contribution in [2.75, 3.05) is 0 Å². The minimum absolute atomic E-state index is 0.929. The summed E-state index contributed by atoms with van der Waals surface area (Å²) >= 11 is 0. The lowest BCUT2D eigenvalue weighted by molar-refractivity contribution is 0.670. The Morgan fingerprint density at radius 1 is 0.351 bits per heavy atom. The molecule has 1 aromatic heterocycles. The van der Waals surface area contributed by atoms with Crippen LogP contribution in [0.1, 0.15) is 0 Å². The van der Waals surface area contributed by atoms with E-state index in [1.807, 2.05) is 12.1 Å². The van der Waals surface area contributed by atoms with E-state index in [-0.39, 0.29) is 0 Å². The summed E-state index contributed by atoms with van der Waals surface area (Å²) in [5.74, 6) is 0. The van der Waals surface area contributed by atoms with Gasteiger partial charge in [0.25, 0.3) is 0 Å².